The molecule has 29 heavy (non-hydrogen) atoms. The van der Waals surface area contributed by atoms with Crippen molar-refractivity contribution < 1.29 is 24.0 Å². The van der Waals surface area contributed by atoms with E-state index in [0.29, 0.717) is 22.6 Å². The van der Waals surface area contributed by atoms with Gasteiger partial charge in [0, 0.05) is 21.3 Å². The quantitative estimate of drug-likeness (QED) is 0.148. The molecule has 146 valence electrons. The van der Waals surface area contributed by atoms with E-state index >= 15 is 0 Å². The molecule has 7 nitrogen and oxygen atoms in total. The van der Waals surface area contributed by atoms with E-state index in [1.807, 2.05) is 6.07 Å². The number of halogens is 1. The normalized spacial score (nSPS) is 10.2. The second kappa shape index (κ2) is 9.28. The summed E-state index contributed by atoms with van der Waals surface area (Å²) in [6.07, 6.45) is 0. The Hall–Kier alpha value is -3.27. The van der Waals surface area contributed by atoms with Crippen LogP contribution in [-0.4, -0.2) is 23.3 Å². The van der Waals surface area contributed by atoms with Gasteiger partial charge in [0.1, 0.15) is 11.5 Å². The molecule has 0 saturated carbocycles. The number of carbonyl (C=O) groups excluding carboxylic acids is 2. The number of hydrogen-bond acceptors (Lipinski definition) is 6. The SMILES string of the molecule is O=C(COC(=O)c1cccc(I)c1)c1ccc(Oc2ccc([N+](=O)[O-])cc2)cc1. The third-order valence-corrected chi connectivity index (χ3v) is 4.53. The number of carbonyl (C=O) groups is 2. The maximum absolute atomic E-state index is 12.2. The van der Waals surface area contributed by atoms with E-state index < -0.39 is 10.9 Å². The fourth-order valence-corrected chi connectivity index (χ4v) is 2.94. The van der Waals surface area contributed by atoms with Crippen molar-refractivity contribution in [3.05, 3.63) is 97.6 Å². The van der Waals surface area contributed by atoms with Gasteiger partial charge in [-0.3, -0.25) is 14.9 Å². The Balaban J connectivity index is 1.57. The topological polar surface area (TPSA) is 95.7 Å². The van der Waals surface area contributed by atoms with Crippen LogP contribution in [0.4, 0.5) is 5.69 Å². The van der Waals surface area contributed by atoms with Crippen LogP contribution >= 0.6 is 22.6 Å². The number of non-ortho nitro benzene ring substituents is 1. The van der Waals surface area contributed by atoms with Gasteiger partial charge in [-0.2, -0.15) is 0 Å². The molecular weight excluding hydrogens is 489 g/mol. The van der Waals surface area contributed by atoms with Crippen LogP contribution in [0.2, 0.25) is 0 Å². The zero-order valence-electron chi connectivity index (χ0n) is 14.9. The highest BCUT2D eigenvalue weighted by Gasteiger charge is 2.12. The van der Waals surface area contributed by atoms with Gasteiger partial charge < -0.3 is 9.47 Å². The molecule has 0 saturated heterocycles. The highest BCUT2D eigenvalue weighted by atomic mass is 127. The molecule has 0 aromatic heterocycles. The number of benzene rings is 3. The lowest BCUT2D eigenvalue weighted by Crippen LogP contribution is -2.14. The first-order chi connectivity index (χ1) is 13.9. The molecule has 0 unspecified atom stereocenters. The van der Waals surface area contributed by atoms with Crippen LogP contribution in [0.5, 0.6) is 11.5 Å². The lowest BCUT2D eigenvalue weighted by molar-refractivity contribution is -0.384. The maximum Gasteiger partial charge on any atom is 0.338 e. The average molecular weight is 503 g/mol. The molecule has 0 N–H and O–H groups in total. The van der Waals surface area contributed by atoms with E-state index in [1.54, 1.807) is 42.5 Å². The van der Waals surface area contributed by atoms with Crippen molar-refractivity contribution in [2.45, 2.75) is 0 Å². The van der Waals surface area contributed by atoms with Crippen molar-refractivity contribution in [3.8, 4) is 11.5 Å². The van der Waals surface area contributed by atoms with Crippen LogP contribution in [0.1, 0.15) is 20.7 Å². The van der Waals surface area contributed by atoms with Gasteiger partial charge in [0.2, 0.25) is 0 Å². The van der Waals surface area contributed by atoms with Gasteiger partial charge in [-0.15, -0.1) is 0 Å². The molecule has 0 aliphatic carbocycles. The van der Waals surface area contributed by atoms with Crippen molar-refractivity contribution in [2.24, 2.45) is 0 Å². The van der Waals surface area contributed by atoms with Gasteiger partial charge in [-0.1, -0.05) is 6.07 Å². The van der Waals surface area contributed by atoms with Gasteiger partial charge in [0.05, 0.1) is 10.5 Å². The molecule has 3 aromatic rings. The van der Waals surface area contributed by atoms with Gasteiger partial charge in [0.25, 0.3) is 5.69 Å². The standard InChI is InChI=1S/C21H14INO6/c22-16-3-1-2-15(12-16)21(25)28-13-20(24)14-4-8-18(9-5-14)29-19-10-6-17(7-11-19)23(26)27/h1-12H,13H2. The van der Waals surface area contributed by atoms with Crippen LogP contribution < -0.4 is 4.74 Å². The number of nitro groups is 1. The third kappa shape index (κ3) is 5.61. The summed E-state index contributed by atoms with van der Waals surface area (Å²) in [5.41, 5.74) is 0.728. The van der Waals surface area contributed by atoms with E-state index in [-0.39, 0.29) is 18.1 Å². The van der Waals surface area contributed by atoms with Crippen LogP contribution in [0, 0.1) is 13.7 Å². The van der Waals surface area contributed by atoms with E-state index in [9.17, 15) is 19.7 Å². The summed E-state index contributed by atoms with van der Waals surface area (Å²) in [6.45, 7) is -0.368. The molecule has 3 rings (SSSR count). The molecule has 0 aliphatic rings. The second-order valence-electron chi connectivity index (χ2n) is 5.89. The lowest BCUT2D eigenvalue weighted by Gasteiger charge is -2.07. The number of nitro benzene ring substituents is 1. The molecule has 8 heteroatoms. The Bertz CT molecular complexity index is 1050. The molecule has 0 fully saturated rings. The minimum Gasteiger partial charge on any atom is -0.457 e. The van der Waals surface area contributed by atoms with Gasteiger partial charge in [-0.25, -0.2) is 4.79 Å². The summed E-state index contributed by atoms with van der Waals surface area (Å²) in [5, 5.41) is 10.7. The first kappa shape index (κ1) is 20.5. The molecule has 0 atom stereocenters. The largest absolute Gasteiger partial charge is 0.457 e. The summed E-state index contributed by atoms with van der Waals surface area (Å²) in [7, 11) is 0. The number of hydrogen-bond donors (Lipinski definition) is 0. The second-order valence-corrected chi connectivity index (χ2v) is 7.13. The molecule has 0 amide bonds. The van der Waals surface area contributed by atoms with Crippen molar-refractivity contribution in [1.82, 2.24) is 0 Å². The molecule has 0 aliphatic heterocycles. The Morgan fingerprint density at radius 1 is 0.897 bits per heavy atom. The molecule has 0 heterocycles. The first-order valence-corrected chi connectivity index (χ1v) is 9.48. The number of nitrogens with zero attached hydrogens (tertiary/aromatic N) is 1. The van der Waals surface area contributed by atoms with Crippen molar-refractivity contribution in [1.29, 1.82) is 0 Å². The summed E-state index contributed by atoms with van der Waals surface area (Å²) in [4.78, 5) is 34.4. The molecule has 0 radical (unpaired) electrons. The highest BCUT2D eigenvalue weighted by Crippen LogP contribution is 2.24. The van der Waals surface area contributed by atoms with E-state index in [1.165, 1.54) is 24.3 Å². The van der Waals surface area contributed by atoms with E-state index in [0.717, 1.165) is 3.57 Å². The molecule has 0 spiro atoms. The molecule has 3 aromatic carbocycles. The lowest BCUT2D eigenvalue weighted by atomic mass is 10.1. The Morgan fingerprint density at radius 2 is 1.52 bits per heavy atom. The zero-order valence-corrected chi connectivity index (χ0v) is 17.1. The van der Waals surface area contributed by atoms with Crippen molar-refractivity contribution >= 4 is 40.0 Å². The van der Waals surface area contributed by atoms with Gasteiger partial charge in [0.15, 0.2) is 12.4 Å². The minimum atomic E-state index is -0.560. The summed E-state index contributed by atoms with van der Waals surface area (Å²) < 4.78 is 11.6. The summed E-state index contributed by atoms with van der Waals surface area (Å²) in [6, 6.07) is 18.9. The predicted molar refractivity (Wildman–Crippen MR) is 113 cm³/mol. The van der Waals surface area contributed by atoms with Crippen molar-refractivity contribution in [2.75, 3.05) is 6.61 Å². The summed E-state index contributed by atoms with van der Waals surface area (Å²) in [5.74, 6) is -0.00628. The Kier molecular flexibility index (Phi) is 6.55. The summed E-state index contributed by atoms with van der Waals surface area (Å²) >= 11 is 2.09. The minimum absolute atomic E-state index is 0.0296. The van der Waals surface area contributed by atoms with Crippen LogP contribution in [0.15, 0.2) is 72.8 Å². The van der Waals surface area contributed by atoms with Crippen molar-refractivity contribution in [3.63, 3.8) is 0 Å². The zero-order chi connectivity index (χ0) is 20.8. The number of ketones is 1. The monoisotopic (exact) mass is 503 g/mol. The van der Waals surface area contributed by atoms with Crippen LogP contribution in [0.3, 0.4) is 0 Å². The number of esters is 1. The number of rotatable bonds is 7. The predicted octanol–water partition coefficient (Wildman–Crippen LogP) is 5.03. The maximum atomic E-state index is 12.2. The molecule has 0 bridgehead atoms. The Morgan fingerprint density at radius 3 is 2.10 bits per heavy atom. The highest BCUT2D eigenvalue weighted by molar-refractivity contribution is 14.1. The fourth-order valence-electron chi connectivity index (χ4n) is 2.39. The molecular formula is C21H14INO6. The average Bonchev–Trinajstić information content (AvgIpc) is 2.72. The van der Waals surface area contributed by atoms with Gasteiger partial charge in [-0.05, 0) is 77.2 Å². The van der Waals surface area contributed by atoms with E-state index in [2.05, 4.69) is 22.6 Å². The third-order valence-electron chi connectivity index (χ3n) is 3.85. The number of ether oxygens (including phenoxy) is 2. The number of Topliss-reactive ketones (excluding diaryl/α,β-unsaturated/α-hetero) is 1. The fraction of sp³-hybridized carbons (Fsp3) is 0.0476. The first-order valence-electron chi connectivity index (χ1n) is 8.40. The Labute approximate surface area is 179 Å². The smallest absolute Gasteiger partial charge is 0.338 e. The van der Waals surface area contributed by atoms with Crippen LogP contribution in [0.25, 0.3) is 0 Å². The van der Waals surface area contributed by atoms with Gasteiger partial charge >= 0.3 is 5.97 Å². The van der Waals surface area contributed by atoms with E-state index in [4.69, 9.17) is 9.47 Å². The van der Waals surface area contributed by atoms with Crippen LogP contribution in [-0.2, 0) is 4.74 Å².